The third kappa shape index (κ3) is 3.74. The maximum absolute atomic E-state index is 11.2. The van der Waals surface area contributed by atoms with E-state index in [1.807, 2.05) is 29.8 Å². The maximum atomic E-state index is 11.2. The topological polar surface area (TPSA) is 114 Å². The largest absolute Gasteiger partial charge is 0.465 e. The van der Waals surface area contributed by atoms with E-state index in [9.17, 15) is 9.90 Å². The molecule has 4 aromatic rings. The minimum Gasteiger partial charge on any atom is -0.465 e. The molecule has 1 N–H and O–H groups in total. The molecule has 0 atom stereocenters. The Hall–Kier alpha value is -3.73. The van der Waals surface area contributed by atoms with Crippen LogP contribution in [0.15, 0.2) is 24.3 Å². The van der Waals surface area contributed by atoms with Crippen LogP contribution in [0.25, 0.3) is 28.1 Å². The molecule has 0 unspecified atom stereocenters. The predicted molar refractivity (Wildman–Crippen MR) is 135 cm³/mol. The molecule has 188 valence electrons. The smallest absolute Gasteiger partial charge is 0.407 e. The number of benzene rings is 1. The van der Waals surface area contributed by atoms with Crippen LogP contribution >= 0.6 is 0 Å². The summed E-state index contributed by atoms with van der Waals surface area (Å²) in [6.07, 6.45) is -0.172. The van der Waals surface area contributed by atoms with Gasteiger partial charge in [0.1, 0.15) is 11.6 Å². The molecule has 2 saturated heterocycles. The lowest BCUT2D eigenvalue weighted by Gasteiger charge is -2.36. The number of hydrogen-bond donors (Lipinski definition) is 1. The van der Waals surface area contributed by atoms with Crippen LogP contribution in [-0.4, -0.2) is 84.6 Å². The number of imidazole rings is 2. The summed E-state index contributed by atoms with van der Waals surface area (Å²) >= 11 is 0. The molecule has 2 aliphatic heterocycles. The third-order valence-electron chi connectivity index (χ3n) is 7.09. The molecule has 2 aliphatic rings. The summed E-state index contributed by atoms with van der Waals surface area (Å²) < 4.78 is 9.69. The van der Waals surface area contributed by atoms with Gasteiger partial charge in [0, 0.05) is 51.5 Å². The van der Waals surface area contributed by atoms with Crippen molar-refractivity contribution < 1.29 is 14.6 Å². The number of rotatable bonds is 5. The number of fused-ring (bicyclic) bond motifs is 2. The van der Waals surface area contributed by atoms with Gasteiger partial charge in [0.2, 0.25) is 5.95 Å². The van der Waals surface area contributed by atoms with Gasteiger partial charge in [-0.3, -0.25) is 4.57 Å². The van der Waals surface area contributed by atoms with Crippen LogP contribution in [0.2, 0.25) is 0 Å². The fourth-order valence-corrected chi connectivity index (χ4v) is 5.11. The van der Waals surface area contributed by atoms with Crippen molar-refractivity contribution in [1.29, 1.82) is 0 Å². The first-order valence-corrected chi connectivity index (χ1v) is 12.4. The second-order valence-electron chi connectivity index (χ2n) is 9.91. The van der Waals surface area contributed by atoms with E-state index in [-0.39, 0.29) is 11.8 Å². The second-order valence-corrected chi connectivity index (χ2v) is 9.91. The third-order valence-corrected chi connectivity index (χ3v) is 7.09. The van der Waals surface area contributed by atoms with Crippen molar-refractivity contribution in [3.63, 3.8) is 0 Å². The van der Waals surface area contributed by atoms with Crippen LogP contribution in [0.5, 0.6) is 0 Å². The Morgan fingerprint density at radius 1 is 1.11 bits per heavy atom. The van der Waals surface area contributed by atoms with Crippen molar-refractivity contribution in [1.82, 2.24) is 34.0 Å². The van der Waals surface area contributed by atoms with Crippen LogP contribution in [-0.2, 0) is 18.2 Å². The first-order chi connectivity index (χ1) is 17.4. The van der Waals surface area contributed by atoms with E-state index in [1.165, 1.54) is 4.90 Å². The number of aromatic nitrogens is 6. The monoisotopic (exact) mass is 490 g/mol. The number of hydrogen-bond acceptors (Lipinski definition) is 7. The Morgan fingerprint density at radius 3 is 2.58 bits per heavy atom. The summed E-state index contributed by atoms with van der Waals surface area (Å²) in [5, 5.41) is 9.19. The Balaban J connectivity index is 1.50. The van der Waals surface area contributed by atoms with Crippen molar-refractivity contribution >= 4 is 34.1 Å². The van der Waals surface area contributed by atoms with E-state index in [0.717, 1.165) is 52.8 Å². The van der Waals surface area contributed by atoms with Gasteiger partial charge >= 0.3 is 6.09 Å². The average Bonchev–Trinajstić information content (AvgIpc) is 3.39. The van der Waals surface area contributed by atoms with Gasteiger partial charge in [0.05, 0.1) is 24.2 Å². The predicted octanol–water partition coefficient (Wildman–Crippen LogP) is 2.81. The average molecular weight is 491 g/mol. The van der Waals surface area contributed by atoms with E-state index < -0.39 is 6.09 Å². The normalized spacial score (nSPS) is 16.9. The van der Waals surface area contributed by atoms with Crippen molar-refractivity contribution in [2.24, 2.45) is 13.0 Å². The number of carboxylic acid groups (broad SMARTS) is 1. The Labute approximate surface area is 208 Å². The van der Waals surface area contributed by atoms with Gasteiger partial charge < -0.3 is 24.2 Å². The minimum atomic E-state index is -0.866. The van der Waals surface area contributed by atoms with E-state index in [2.05, 4.69) is 29.4 Å². The molecule has 36 heavy (non-hydrogen) atoms. The van der Waals surface area contributed by atoms with Gasteiger partial charge in [0.25, 0.3) is 0 Å². The lowest BCUT2D eigenvalue weighted by Crippen LogP contribution is -2.50. The maximum Gasteiger partial charge on any atom is 0.407 e. The molecular weight excluding hydrogens is 460 g/mol. The number of likely N-dealkylation sites (tertiary alicyclic amines) is 1. The zero-order valence-electron chi connectivity index (χ0n) is 20.8. The zero-order chi connectivity index (χ0) is 25.0. The second kappa shape index (κ2) is 8.74. The Morgan fingerprint density at radius 2 is 1.86 bits per heavy atom. The lowest BCUT2D eigenvalue weighted by atomic mass is 9.96. The minimum absolute atomic E-state index is 0.182. The van der Waals surface area contributed by atoms with Crippen LogP contribution in [0.3, 0.4) is 0 Å². The van der Waals surface area contributed by atoms with Gasteiger partial charge in [-0.2, -0.15) is 9.97 Å². The molecule has 0 aliphatic carbocycles. The lowest BCUT2D eigenvalue weighted by molar-refractivity contribution is 0.0809. The highest BCUT2D eigenvalue weighted by atomic mass is 16.5. The molecule has 0 spiro atoms. The number of ether oxygens (including phenoxy) is 1. The summed E-state index contributed by atoms with van der Waals surface area (Å²) in [6, 6.07) is 8.07. The van der Waals surface area contributed by atoms with Crippen molar-refractivity contribution in [3.8, 4) is 5.95 Å². The molecule has 11 nitrogen and oxygen atoms in total. The van der Waals surface area contributed by atoms with Gasteiger partial charge in [0.15, 0.2) is 17.0 Å². The Kier molecular flexibility index (Phi) is 5.51. The molecule has 1 aromatic carbocycles. The molecule has 6 rings (SSSR count). The number of amides is 1. The zero-order valence-corrected chi connectivity index (χ0v) is 20.8. The Bertz CT molecular complexity index is 1450. The molecule has 11 heteroatoms. The van der Waals surface area contributed by atoms with Crippen LogP contribution < -0.4 is 4.90 Å². The van der Waals surface area contributed by atoms with Crippen LogP contribution in [0, 0.1) is 5.92 Å². The highest BCUT2D eigenvalue weighted by Crippen LogP contribution is 2.31. The standard InChI is InChI=1S/C25H30N8O3/c1-15(2)21-26-17-6-4-5-7-18(17)33(21)24-28-22-20(23(29-24)31-8-10-36-11-9-31)27-19(30(22)3)12-16-13-32(14-16)25(34)35/h4-7,15-16H,8-14H2,1-3H3,(H,34,35). The highest BCUT2D eigenvalue weighted by Gasteiger charge is 2.32. The summed E-state index contributed by atoms with van der Waals surface area (Å²) in [6.45, 7) is 8.05. The first-order valence-electron chi connectivity index (χ1n) is 12.4. The summed E-state index contributed by atoms with van der Waals surface area (Å²) in [4.78, 5) is 34.8. The number of para-hydroxylation sites is 2. The molecule has 3 aromatic heterocycles. The van der Waals surface area contributed by atoms with Gasteiger partial charge in [-0.25, -0.2) is 14.8 Å². The number of nitrogens with zero attached hydrogens (tertiary/aromatic N) is 8. The molecule has 1 amide bonds. The quantitative estimate of drug-likeness (QED) is 0.454. The fourth-order valence-electron chi connectivity index (χ4n) is 5.11. The van der Waals surface area contributed by atoms with Crippen molar-refractivity contribution in [3.05, 3.63) is 35.9 Å². The SMILES string of the molecule is CC(C)c1nc2ccccc2n1-c1nc(N2CCOCC2)c2nc(CC3CN(C(=O)O)C3)n(C)c2n1. The number of morpholine rings is 1. The number of carbonyl (C=O) groups is 1. The number of anilines is 1. The molecule has 0 saturated carbocycles. The van der Waals surface area contributed by atoms with Gasteiger partial charge in [-0.1, -0.05) is 26.0 Å². The van der Waals surface area contributed by atoms with E-state index in [1.54, 1.807) is 0 Å². The van der Waals surface area contributed by atoms with Crippen LogP contribution in [0.1, 0.15) is 31.4 Å². The molecular formula is C25H30N8O3. The van der Waals surface area contributed by atoms with Crippen LogP contribution in [0.4, 0.5) is 10.6 Å². The van der Waals surface area contributed by atoms with E-state index >= 15 is 0 Å². The molecule has 0 bridgehead atoms. The molecule has 5 heterocycles. The van der Waals surface area contributed by atoms with Crippen molar-refractivity contribution in [2.75, 3.05) is 44.3 Å². The summed E-state index contributed by atoms with van der Waals surface area (Å²) in [7, 11) is 1.98. The van der Waals surface area contributed by atoms with E-state index in [0.29, 0.717) is 38.7 Å². The van der Waals surface area contributed by atoms with E-state index in [4.69, 9.17) is 24.7 Å². The summed E-state index contributed by atoms with van der Waals surface area (Å²) in [5.41, 5.74) is 3.41. The van der Waals surface area contributed by atoms with Gasteiger partial charge in [-0.05, 0) is 12.1 Å². The molecule has 2 fully saturated rings. The molecule has 0 radical (unpaired) electrons. The highest BCUT2D eigenvalue weighted by molar-refractivity contribution is 5.86. The first kappa shape index (κ1) is 22.7. The number of aryl methyl sites for hydroxylation is 1. The van der Waals surface area contributed by atoms with Crippen molar-refractivity contribution in [2.45, 2.75) is 26.2 Å². The summed E-state index contributed by atoms with van der Waals surface area (Å²) in [5.74, 6) is 3.61. The fraction of sp³-hybridized carbons (Fsp3) is 0.480. The van der Waals surface area contributed by atoms with Gasteiger partial charge in [-0.15, -0.1) is 0 Å².